The Labute approximate surface area is 199 Å². The van der Waals surface area contributed by atoms with E-state index in [0.717, 1.165) is 42.5 Å². The van der Waals surface area contributed by atoms with Gasteiger partial charge in [0.25, 0.3) is 0 Å². The summed E-state index contributed by atoms with van der Waals surface area (Å²) in [5, 5.41) is 14.6. The van der Waals surface area contributed by atoms with Crippen LogP contribution in [0.25, 0.3) is 0 Å². The van der Waals surface area contributed by atoms with E-state index in [1.807, 2.05) is 20.8 Å². The van der Waals surface area contributed by atoms with Gasteiger partial charge in [-0.15, -0.1) is 21.5 Å². The van der Waals surface area contributed by atoms with E-state index in [-0.39, 0.29) is 30.1 Å². The summed E-state index contributed by atoms with van der Waals surface area (Å²) in [6, 6.07) is 0. The number of aromatic nitrogens is 2. The maximum Gasteiger partial charge on any atom is 0.341 e. The summed E-state index contributed by atoms with van der Waals surface area (Å²) in [7, 11) is 0. The van der Waals surface area contributed by atoms with Gasteiger partial charge in [0, 0.05) is 10.3 Å². The van der Waals surface area contributed by atoms with Gasteiger partial charge in [-0.05, 0) is 38.2 Å². The summed E-state index contributed by atoms with van der Waals surface area (Å²) in [5.74, 6) is -0.635. The average Bonchev–Trinajstić information content (AvgIpc) is 3.23. The Bertz CT molecular complexity index is 994. The summed E-state index contributed by atoms with van der Waals surface area (Å²) in [6.45, 7) is 7.52. The molecule has 2 heterocycles. The lowest BCUT2D eigenvalue weighted by Crippen LogP contribution is -2.27. The number of amides is 2. The molecule has 0 aliphatic heterocycles. The molecule has 32 heavy (non-hydrogen) atoms. The van der Waals surface area contributed by atoms with Crippen molar-refractivity contribution in [1.29, 1.82) is 0 Å². The number of fused-ring (bicyclic) bond motifs is 1. The number of thiophene rings is 1. The van der Waals surface area contributed by atoms with Crippen LogP contribution in [0.2, 0.25) is 0 Å². The lowest BCUT2D eigenvalue weighted by atomic mass is 9.96. The van der Waals surface area contributed by atoms with E-state index in [0.29, 0.717) is 20.0 Å². The Hall–Kier alpha value is -1.98. The van der Waals surface area contributed by atoms with Gasteiger partial charge in [-0.1, -0.05) is 50.3 Å². The highest BCUT2D eigenvalue weighted by molar-refractivity contribution is 8.01. The first-order chi connectivity index (χ1) is 15.2. The van der Waals surface area contributed by atoms with Crippen molar-refractivity contribution in [2.24, 2.45) is 5.41 Å². The van der Waals surface area contributed by atoms with Crippen LogP contribution in [0, 0.1) is 5.41 Å². The second-order valence-electron chi connectivity index (χ2n) is 8.40. The Morgan fingerprint density at radius 3 is 2.53 bits per heavy atom. The fourth-order valence-corrected chi connectivity index (χ4v) is 5.98. The molecule has 0 saturated carbocycles. The van der Waals surface area contributed by atoms with Crippen molar-refractivity contribution in [3.63, 3.8) is 0 Å². The van der Waals surface area contributed by atoms with Crippen molar-refractivity contribution in [3.05, 3.63) is 16.0 Å². The quantitative estimate of drug-likeness (QED) is 0.246. The van der Waals surface area contributed by atoms with Crippen LogP contribution in [-0.4, -0.2) is 40.3 Å². The van der Waals surface area contributed by atoms with Crippen molar-refractivity contribution < 1.29 is 19.1 Å². The molecular formula is C21H28N4O4S3. The minimum absolute atomic E-state index is 0.118. The molecule has 0 spiro atoms. The van der Waals surface area contributed by atoms with Gasteiger partial charge >= 0.3 is 5.97 Å². The van der Waals surface area contributed by atoms with Crippen molar-refractivity contribution in [2.45, 2.75) is 64.1 Å². The first-order valence-corrected chi connectivity index (χ1v) is 13.2. The zero-order chi connectivity index (χ0) is 23.3. The molecule has 2 aromatic rings. The summed E-state index contributed by atoms with van der Waals surface area (Å²) in [5.41, 5.74) is 1.00. The van der Waals surface area contributed by atoms with E-state index in [9.17, 15) is 14.4 Å². The molecule has 0 unspecified atom stereocenters. The van der Waals surface area contributed by atoms with E-state index >= 15 is 0 Å². The second kappa shape index (κ2) is 10.8. The number of hydrogen-bond acceptors (Lipinski definition) is 9. The Morgan fingerprint density at radius 2 is 1.81 bits per heavy atom. The van der Waals surface area contributed by atoms with Crippen LogP contribution < -0.4 is 10.6 Å². The van der Waals surface area contributed by atoms with E-state index in [1.54, 1.807) is 6.92 Å². The van der Waals surface area contributed by atoms with E-state index in [2.05, 4.69) is 20.8 Å². The molecule has 2 aromatic heterocycles. The fourth-order valence-electron chi connectivity index (χ4n) is 3.14. The van der Waals surface area contributed by atoms with Crippen LogP contribution in [0.3, 0.4) is 0 Å². The van der Waals surface area contributed by atoms with E-state index in [4.69, 9.17) is 4.74 Å². The zero-order valence-electron chi connectivity index (χ0n) is 18.7. The first-order valence-electron chi connectivity index (χ1n) is 10.6. The molecule has 2 N–H and O–H groups in total. The molecular weight excluding hydrogens is 468 g/mol. The highest BCUT2D eigenvalue weighted by Crippen LogP contribution is 2.38. The lowest BCUT2D eigenvalue weighted by Gasteiger charge is -2.15. The topological polar surface area (TPSA) is 110 Å². The molecule has 0 radical (unpaired) electrons. The molecule has 0 bridgehead atoms. The molecule has 11 heteroatoms. The molecule has 0 fully saturated rings. The average molecular weight is 497 g/mol. The number of hydrogen-bond donors (Lipinski definition) is 2. The van der Waals surface area contributed by atoms with Crippen LogP contribution in [-0.2, 0) is 27.2 Å². The summed E-state index contributed by atoms with van der Waals surface area (Å²) in [6.07, 6.45) is 5.01. The Morgan fingerprint density at radius 1 is 1.06 bits per heavy atom. The highest BCUT2D eigenvalue weighted by atomic mass is 32.2. The van der Waals surface area contributed by atoms with Gasteiger partial charge in [-0.2, -0.15) is 0 Å². The van der Waals surface area contributed by atoms with Crippen molar-refractivity contribution >= 4 is 62.4 Å². The second-order valence-corrected chi connectivity index (χ2v) is 11.7. The SMILES string of the molecule is CCOC(=O)c1c(NC(=O)CSc2nnc(NC(=O)C(C)(C)C)s2)sc2c1CCCCC2. The third kappa shape index (κ3) is 6.29. The molecule has 1 aliphatic carbocycles. The van der Waals surface area contributed by atoms with Crippen LogP contribution in [0.5, 0.6) is 0 Å². The van der Waals surface area contributed by atoms with Gasteiger partial charge in [0.2, 0.25) is 16.9 Å². The molecule has 0 aromatic carbocycles. The Balaban J connectivity index is 1.64. The van der Waals surface area contributed by atoms with Crippen molar-refractivity contribution in [2.75, 3.05) is 23.0 Å². The van der Waals surface area contributed by atoms with Gasteiger partial charge in [0.1, 0.15) is 5.00 Å². The predicted octanol–water partition coefficient (Wildman–Crippen LogP) is 4.76. The Kier molecular flexibility index (Phi) is 8.29. The van der Waals surface area contributed by atoms with Crippen molar-refractivity contribution in [1.82, 2.24) is 10.2 Å². The van der Waals surface area contributed by atoms with Crippen LogP contribution in [0.1, 0.15) is 67.8 Å². The number of aryl methyl sites for hydroxylation is 1. The molecule has 0 saturated heterocycles. The first kappa shape index (κ1) is 24.7. The van der Waals surface area contributed by atoms with Crippen LogP contribution in [0.4, 0.5) is 10.1 Å². The van der Waals surface area contributed by atoms with Crippen LogP contribution >= 0.6 is 34.4 Å². The molecule has 1 aliphatic rings. The van der Waals surface area contributed by atoms with E-state index in [1.165, 1.54) is 34.4 Å². The number of thioether (sulfide) groups is 1. The predicted molar refractivity (Wildman–Crippen MR) is 129 cm³/mol. The number of rotatable bonds is 7. The minimum Gasteiger partial charge on any atom is -0.462 e. The normalized spacial score (nSPS) is 13.8. The number of ether oxygens (including phenoxy) is 1. The fraction of sp³-hybridized carbons (Fsp3) is 0.571. The smallest absolute Gasteiger partial charge is 0.341 e. The van der Waals surface area contributed by atoms with Crippen LogP contribution in [0.15, 0.2) is 4.34 Å². The van der Waals surface area contributed by atoms with Gasteiger partial charge in [0.05, 0.1) is 17.9 Å². The third-order valence-electron chi connectivity index (χ3n) is 4.79. The molecule has 3 rings (SSSR count). The number of anilines is 2. The largest absolute Gasteiger partial charge is 0.462 e. The maximum absolute atomic E-state index is 12.6. The number of carbonyl (C=O) groups is 3. The summed E-state index contributed by atoms with van der Waals surface area (Å²) in [4.78, 5) is 38.5. The monoisotopic (exact) mass is 496 g/mol. The molecule has 0 atom stereocenters. The van der Waals surface area contributed by atoms with Gasteiger partial charge < -0.3 is 15.4 Å². The molecule has 174 valence electrons. The standard InChI is InChI=1S/C21H28N4O4S3/c1-5-29-17(27)15-12-9-7-6-8-10-13(12)31-16(15)22-14(26)11-30-20-25-24-19(32-20)23-18(28)21(2,3)4/h5-11H2,1-4H3,(H,22,26)(H,23,24,28). The van der Waals surface area contributed by atoms with Gasteiger partial charge in [-0.25, -0.2) is 4.79 Å². The minimum atomic E-state index is -0.533. The lowest BCUT2D eigenvalue weighted by molar-refractivity contribution is -0.123. The van der Waals surface area contributed by atoms with Crippen molar-refractivity contribution in [3.8, 4) is 0 Å². The zero-order valence-corrected chi connectivity index (χ0v) is 21.2. The number of esters is 1. The summed E-state index contributed by atoms with van der Waals surface area (Å²) < 4.78 is 5.84. The number of nitrogens with one attached hydrogen (secondary N) is 2. The number of nitrogens with zero attached hydrogens (tertiary/aromatic N) is 2. The van der Waals surface area contributed by atoms with Gasteiger partial charge in [-0.3, -0.25) is 9.59 Å². The highest BCUT2D eigenvalue weighted by Gasteiger charge is 2.27. The van der Waals surface area contributed by atoms with Gasteiger partial charge in [0.15, 0.2) is 4.34 Å². The summed E-state index contributed by atoms with van der Waals surface area (Å²) >= 11 is 3.94. The number of carbonyl (C=O) groups excluding carboxylic acids is 3. The van der Waals surface area contributed by atoms with E-state index < -0.39 is 5.41 Å². The third-order valence-corrected chi connectivity index (χ3v) is 7.97. The molecule has 2 amide bonds. The maximum atomic E-state index is 12.6. The molecule has 8 nitrogen and oxygen atoms in total.